The summed E-state index contributed by atoms with van der Waals surface area (Å²) in [5.41, 5.74) is 9.10. The van der Waals surface area contributed by atoms with Crippen molar-refractivity contribution in [3.05, 3.63) is 23.8 Å². The van der Waals surface area contributed by atoms with Gasteiger partial charge in [-0.25, -0.2) is 0 Å². The summed E-state index contributed by atoms with van der Waals surface area (Å²) in [5, 5.41) is 3.54. The first-order chi connectivity index (χ1) is 8.15. The van der Waals surface area contributed by atoms with E-state index in [0.29, 0.717) is 0 Å². The molecule has 0 aliphatic carbocycles. The number of benzene rings is 1. The van der Waals surface area contributed by atoms with E-state index in [9.17, 15) is 0 Å². The van der Waals surface area contributed by atoms with Crippen molar-refractivity contribution in [2.24, 2.45) is 5.92 Å². The first-order valence-corrected chi connectivity index (χ1v) is 6.43. The van der Waals surface area contributed by atoms with Crippen LogP contribution in [0.2, 0.25) is 0 Å². The Bertz CT molecular complexity index is 368. The molecule has 1 aromatic rings. The van der Waals surface area contributed by atoms with Gasteiger partial charge in [0.1, 0.15) is 0 Å². The number of likely N-dealkylation sites (tertiary alicyclic amines) is 1. The Hall–Kier alpha value is -1.22. The van der Waals surface area contributed by atoms with Gasteiger partial charge in [-0.2, -0.15) is 0 Å². The molecule has 1 aromatic carbocycles. The summed E-state index contributed by atoms with van der Waals surface area (Å²) in [6.45, 7) is 5.64. The van der Waals surface area contributed by atoms with Crippen LogP contribution in [0.4, 0.5) is 11.4 Å². The van der Waals surface area contributed by atoms with Crippen LogP contribution in [0, 0.1) is 12.8 Å². The Balaban J connectivity index is 1.87. The quantitative estimate of drug-likeness (QED) is 0.787. The van der Waals surface area contributed by atoms with E-state index in [-0.39, 0.29) is 0 Å². The molecule has 1 heterocycles. The maximum Gasteiger partial charge on any atom is 0.0390 e. The number of nitrogens with zero attached hydrogens (tertiary/aromatic N) is 1. The van der Waals surface area contributed by atoms with Crippen molar-refractivity contribution in [1.29, 1.82) is 0 Å². The van der Waals surface area contributed by atoms with Crippen LogP contribution in [0.15, 0.2) is 18.2 Å². The van der Waals surface area contributed by atoms with Crippen LogP contribution >= 0.6 is 0 Å². The molecule has 0 radical (unpaired) electrons. The van der Waals surface area contributed by atoms with Crippen LogP contribution in [0.3, 0.4) is 0 Å². The Morgan fingerprint density at radius 2 is 2.06 bits per heavy atom. The van der Waals surface area contributed by atoms with Crippen LogP contribution in [0.25, 0.3) is 0 Å². The predicted molar refractivity (Wildman–Crippen MR) is 74.3 cm³/mol. The largest absolute Gasteiger partial charge is 0.399 e. The average Bonchev–Trinajstić information content (AvgIpc) is 2.32. The van der Waals surface area contributed by atoms with E-state index in [1.165, 1.54) is 37.2 Å². The number of hydrogen-bond acceptors (Lipinski definition) is 3. The number of rotatable bonds is 3. The first kappa shape index (κ1) is 12.2. The summed E-state index contributed by atoms with van der Waals surface area (Å²) in [6.07, 6.45) is 2.59. The number of hydrogen-bond donors (Lipinski definition) is 2. The maximum atomic E-state index is 5.81. The van der Waals surface area contributed by atoms with Crippen molar-refractivity contribution in [2.75, 3.05) is 37.7 Å². The van der Waals surface area contributed by atoms with E-state index in [2.05, 4.69) is 30.3 Å². The molecule has 2 rings (SSSR count). The van der Waals surface area contributed by atoms with Crippen LogP contribution in [-0.4, -0.2) is 31.6 Å². The Morgan fingerprint density at radius 3 is 2.76 bits per heavy atom. The van der Waals surface area contributed by atoms with Crippen molar-refractivity contribution in [3.8, 4) is 0 Å². The second kappa shape index (κ2) is 5.41. The number of nitrogens with one attached hydrogen (secondary N) is 1. The lowest BCUT2D eigenvalue weighted by Crippen LogP contribution is -2.33. The highest BCUT2D eigenvalue weighted by molar-refractivity contribution is 5.59. The number of anilines is 2. The predicted octanol–water partition coefficient (Wildman–Crippen LogP) is 2.33. The van der Waals surface area contributed by atoms with Gasteiger partial charge in [-0.3, -0.25) is 0 Å². The summed E-state index contributed by atoms with van der Waals surface area (Å²) in [4.78, 5) is 2.41. The third-order valence-electron chi connectivity index (χ3n) is 3.68. The molecule has 0 bridgehead atoms. The second-order valence-electron chi connectivity index (χ2n) is 5.20. The highest BCUT2D eigenvalue weighted by Crippen LogP contribution is 2.21. The molecule has 0 saturated carbocycles. The fourth-order valence-electron chi connectivity index (χ4n) is 2.35. The molecule has 3 nitrogen and oxygen atoms in total. The minimum Gasteiger partial charge on any atom is -0.399 e. The molecule has 0 aromatic heterocycles. The third kappa shape index (κ3) is 3.37. The molecule has 1 aliphatic rings. The molecule has 0 atom stereocenters. The standard InChI is InChI=1S/C14H23N3/c1-11-3-4-13(15)9-14(11)16-10-12-5-7-17(2)8-6-12/h3-4,9,12,16H,5-8,10,15H2,1-2H3. The fraction of sp³-hybridized carbons (Fsp3) is 0.571. The van der Waals surface area contributed by atoms with Gasteiger partial charge in [0.25, 0.3) is 0 Å². The minimum atomic E-state index is 0.798. The van der Waals surface area contributed by atoms with Gasteiger partial charge < -0.3 is 16.0 Å². The zero-order chi connectivity index (χ0) is 12.3. The average molecular weight is 233 g/mol. The molecule has 3 N–H and O–H groups in total. The molecule has 1 saturated heterocycles. The maximum absolute atomic E-state index is 5.81. The Labute approximate surface area is 104 Å². The third-order valence-corrected chi connectivity index (χ3v) is 3.68. The zero-order valence-electron chi connectivity index (χ0n) is 10.9. The molecular formula is C14H23N3. The minimum absolute atomic E-state index is 0.798. The summed E-state index contributed by atoms with van der Waals surface area (Å²) in [5.74, 6) is 0.798. The molecule has 94 valence electrons. The van der Waals surface area contributed by atoms with Crippen molar-refractivity contribution in [1.82, 2.24) is 4.90 Å². The lowest BCUT2D eigenvalue weighted by Gasteiger charge is -2.29. The van der Waals surface area contributed by atoms with Crippen molar-refractivity contribution in [3.63, 3.8) is 0 Å². The van der Waals surface area contributed by atoms with E-state index in [1.54, 1.807) is 0 Å². The lowest BCUT2D eigenvalue weighted by molar-refractivity contribution is 0.226. The molecule has 17 heavy (non-hydrogen) atoms. The summed E-state index contributed by atoms with van der Waals surface area (Å²) < 4.78 is 0. The van der Waals surface area contributed by atoms with Crippen LogP contribution in [0.5, 0.6) is 0 Å². The molecule has 1 aliphatic heterocycles. The van der Waals surface area contributed by atoms with Gasteiger partial charge in [-0.1, -0.05) is 6.07 Å². The Morgan fingerprint density at radius 1 is 1.35 bits per heavy atom. The van der Waals surface area contributed by atoms with Crippen molar-refractivity contribution < 1.29 is 0 Å². The highest BCUT2D eigenvalue weighted by atomic mass is 15.1. The highest BCUT2D eigenvalue weighted by Gasteiger charge is 2.16. The molecule has 0 spiro atoms. The van der Waals surface area contributed by atoms with E-state index in [4.69, 9.17) is 5.73 Å². The van der Waals surface area contributed by atoms with Gasteiger partial charge in [0.05, 0.1) is 0 Å². The van der Waals surface area contributed by atoms with Gasteiger partial charge in [-0.05, 0) is 63.5 Å². The van der Waals surface area contributed by atoms with E-state index >= 15 is 0 Å². The summed E-state index contributed by atoms with van der Waals surface area (Å²) in [6, 6.07) is 6.06. The topological polar surface area (TPSA) is 41.3 Å². The zero-order valence-corrected chi connectivity index (χ0v) is 10.9. The molecular weight excluding hydrogens is 210 g/mol. The fourth-order valence-corrected chi connectivity index (χ4v) is 2.35. The normalized spacial score (nSPS) is 18.2. The number of nitrogen functional groups attached to an aromatic ring is 1. The molecule has 1 fully saturated rings. The van der Waals surface area contributed by atoms with Gasteiger partial charge >= 0.3 is 0 Å². The summed E-state index contributed by atoms with van der Waals surface area (Å²) >= 11 is 0. The molecule has 0 unspecified atom stereocenters. The van der Waals surface area contributed by atoms with Crippen LogP contribution in [0.1, 0.15) is 18.4 Å². The van der Waals surface area contributed by atoms with Gasteiger partial charge in [0, 0.05) is 17.9 Å². The van der Waals surface area contributed by atoms with E-state index in [0.717, 1.165) is 18.2 Å². The van der Waals surface area contributed by atoms with Crippen molar-refractivity contribution in [2.45, 2.75) is 19.8 Å². The SMILES string of the molecule is Cc1ccc(N)cc1NCC1CCN(C)CC1. The second-order valence-corrected chi connectivity index (χ2v) is 5.20. The number of nitrogens with two attached hydrogens (primary N) is 1. The Kier molecular flexibility index (Phi) is 3.89. The van der Waals surface area contributed by atoms with Gasteiger partial charge in [-0.15, -0.1) is 0 Å². The van der Waals surface area contributed by atoms with Crippen molar-refractivity contribution >= 4 is 11.4 Å². The number of piperidine rings is 1. The van der Waals surface area contributed by atoms with Crippen LogP contribution < -0.4 is 11.1 Å². The number of aryl methyl sites for hydroxylation is 1. The van der Waals surface area contributed by atoms with E-state index < -0.39 is 0 Å². The molecule has 0 amide bonds. The van der Waals surface area contributed by atoms with Gasteiger partial charge in [0.2, 0.25) is 0 Å². The summed E-state index contributed by atoms with van der Waals surface area (Å²) in [7, 11) is 2.20. The molecule has 3 heteroatoms. The smallest absolute Gasteiger partial charge is 0.0390 e. The van der Waals surface area contributed by atoms with Gasteiger partial charge in [0.15, 0.2) is 0 Å². The monoisotopic (exact) mass is 233 g/mol. The van der Waals surface area contributed by atoms with Crippen LogP contribution in [-0.2, 0) is 0 Å². The first-order valence-electron chi connectivity index (χ1n) is 6.43. The van der Waals surface area contributed by atoms with E-state index in [1.807, 2.05) is 12.1 Å². The lowest BCUT2D eigenvalue weighted by atomic mass is 9.97.